The number of aliphatic hydroxyl groups is 2. The van der Waals surface area contributed by atoms with Gasteiger partial charge in [0, 0.05) is 17.6 Å². The minimum absolute atomic E-state index is 0.112. The average Bonchev–Trinajstić information content (AvgIpc) is 3.47. The van der Waals surface area contributed by atoms with Crippen molar-refractivity contribution in [3.05, 3.63) is 41.4 Å². The Morgan fingerprint density at radius 2 is 1.91 bits per heavy atom. The molecule has 3 aromatic rings. The third kappa shape index (κ3) is 3.19. The van der Waals surface area contributed by atoms with Crippen LogP contribution in [-0.2, 0) is 10.2 Å². The van der Waals surface area contributed by atoms with Crippen LogP contribution in [0.1, 0.15) is 57.2 Å². The summed E-state index contributed by atoms with van der Waals surface area (Å²) >= 11 is 6.42. The fourth-order valence-electron chi connectivity index (χ4n) is 6.02. The Hall–Kier alpha value is -2.26. The minimum Gasteiger partial charge on any atom is -0.388 e. The van der Waals surface area contributed by atoms with Gasteiger partial charge >= 0.3 is 0 Å². The molecule has 1 aliphatic carbocycles. The fraction of sp³-hybridized carbons (Fsp3) is 0.542. The predicted molar refractivity (Wildman–Crippen MR) is 125 cm³/mol. The second-order valence-electron chi connectivity index (χ2n) is 9.54. The number of fused-ring (bicyclic) bond motifs is 3. The first-order chi connectivity index (χ1) is 16.0. The van der Waals surface area contributed by atoms with E-state index in [1.165, 1.54) is 24.8 Å². The van der Waals surface area contributed by atoms with Gasteiger partial charge in [-0.05, 0) is 42.5 Å². The number of para-hydroxylation sites is 1. The zero-order valence-electron chi connectivity index (χ0n) is 18.6. The second-order valence-corrected chi connectivity index (χ2v) is 9.88. The number of halogens is 1. The van der Waals surface area contributed by atoms with E-state index < -0.39 is 24.5 Å². The van der Waals surface area contributed by atoms with E-state index in [4.69, 9.17) is 16.3 Å². The quantitative estimate of drug-likeness (QED) is 0.562. The van der Waals surface area contributed by atoms with E-state index in [1.54, 1.807) is 10.9 Å². The van der Waals surface area contributed by atoms with Crippen LogP contribution in [0.5, 0.6) is 0 Å². The van der Waals surface area contributed by atoms with E-state index in [0.29, 0.717) is 23.4 Å². The van der Waals surface area contributed by atoms with Gasteiger partial charge in [-0.2, -0.15) is 9.97 Å². The highest BCUT2D eigenvalue weighted by Gasteiger charge is 2.46. The number of imidazole rings is 1. The molecule has 8 nitrogen and oxygen atoms in total. The van der Waals surface area contributed by atoms with Crippen LogP contribution in [0.25, 0.3) is 11.2 Å². The van der Waals surface area contributed by atoms with Gasteiger partial charge in [0.2, 0.25) is 5.28 Å². The number of anilines is 2. The van der Waals surface area contributed by atoms with Crippen molar-refractivity contribution in [3.63, 3.8) is 0 Å². The lowest BCUT2D eigenvalue weighted by Crippen LogP contribution is -2.34. The number of aliphatic hydroxyl groups excluding tert-OH is 2. The summed E-state index contributed by atoms with van der Waals surface area (Å²) in [7, 11) is 0. The number of rotatable bonds is 3. The Morgan fingerprint density at radius 3 is 2.67 bits per heavy atom. The summed E-state index contributed by atoms with van der Waals surface area (Å²) < 4.78 is 7.61. The maximum Gasteiger partial charge on any atom is 0.226 e. The Balaban J connectivity index is 1.46. The van der Waals surface area contributed by atoms with Gasteiger partial charge in [-0.3, -0.25) is 4.57 Å². The van der Waals surface area contributed by atoms with E-state index in [1.807, 2.05) is 6.92 Å². The number of hydrogen-bond donors (Lipinski definition) is 2. The first kappa shape index (κ1) is 21.3. The number of hydrogen-bond acceptors (Lipinski definition) is 7. The van der Waals surface area contributed by atoms with E-state index >= 15 is 0 Å². The standard InChI is InChI=1S/C24H28ClN5O3/c1-2-16-18(31)19(32)22(33-16)30-13-26-17-20(27-23(25)28-21(17)30)29-12-24(10-6-3-7-11-24)14-8-4-5-9-15(14)29/h4-5,8-9,13,16,18-19,22,31-32H,2-3,6-7,10-12H2,1H3/t16-,18?,19?,22-/m1/s1. The summed E-state index contributed by atoms with van der Waals surface area (Å²) in [5.41, 5.74) is 3.72. The van der Waals surface area contributed by atoms with Gasteiger partial charge in [0.05, 0.1) is 12.4 Å². The third-order valence-electron chi connectivity index (χ3n) is 7.68. The molecule has 2 aliphatic heterocycles. The molecule has 2 N–H and O–H groups in total. The zero-order valence-corrected chi connectivity index (χ0v) is 19.3. The van der Waals surface area contributed by atoms with Crippen molar-refractivity contribution in [1.29, 1.82) is 0 Å². The summed E-state index contributed by atoms with van der Waals surface area (Å²) in [4.78, 5) is 15.9. The normalized spacial score (nSPS) is 28.7. The van der Waals surface area contributed by atoms with Gasteiger partial charge in [0.15, 0.2) is 23.2 Å². The number of benzene rings is 1. The molecule has 174 valence electrons. The molecule has 4 atom stereocenters. The lowest BCUT2D eigenvalue weighted by atomic mass is 9.71. The molecule has 0 bridgehead atoms. The van der Waals surface area contributed by atoms with Crippen LogP contribution in [0.15, 0.2) is 30.6 Å². The van der Waals surface area contributed by atoms with Crippen molar-refractivity contribution in [1.82, 2.24) is 19.5 Å². The van der Waals surface area contributed by atoms with Crippen LogP contribution in [0.4, 0.5) is 11.5 Å². The molecule has 0 radical (unpaired) electrons. The first-order valence-electron chi connectivity index (χ1n) is 11.8. The van der Waals surface area contributed by atoms with Crippen molar-refractivity contribution < 1.29 is 14.9 Å². The van der Waals surface area contributed by atoms with Crippen LogP contribution in [0.3, 0.4) is 0 Å². The lowest BCUT2D eigenvalue weighted by Gasteiger charge is -2.34. The predicted octanol–water partition coefficient (Wildman–Crippen LogP) is 3.86. The molecule has 33 heavy (non-hydrogen) atoms. The monoisotopic (exact) mass is 469 g/mol. The molecule has 4 heterocycles. The van der Waals surface area contributed by atoms with Gasteiger partial charge < -0.3 is 19.8 Å². The van der Waals surface area contributed by atoms with E-state index in [0.717, 1.165) is 25.1 Å². The topological polar surface area (TPSA) is 96.5 Å². The van der Waals surface area contributed by atoms with Gasteiger partial charge in [-0.25, -0.2) is 4.98 Å². The second kappa shape index (κ2) is 7.91. The maximum absolute atomic E-state index is 10.6. The molecular formula is C24H28ClN5O3. The molecule has 2 aromatic heterocycles. The Labute approximate surface area is 197 Å². The molecular weight excluding hydrogens is 442 g/mol. The average molecular weight is 470 g/mol. The van der Waals surface area contributed by atoms with Crippen molar-refractivity contribution in [2.24, 2.45) is 0 Å². The van der Waals surface area contributed by atoms with Crippen LogP contribution in [0, 0.1) is 0 Å². The Morgan fingerprint density at radius 1 is 1.12 bits per heavy atom. The van der Waals surface area contributed by atoms with E-state index in [-0.39, 0.29) is 10.7 Å². The van der Waals surface area contributed by atoms with Gasteiger partial charge in [0.1, 0.15) is 12.2 Å². The first-order valence-corrected chi connectivity index (χ1v) is 12.2. The zero-order chi connectivity index (χ0) is 22.7. The number of nitrogens with zero attached hydrogens (tertiary/aromatic N) is 5. The van der Waals surface area contributed by atoms with Crippen molar-refractivity contribution in [3.8, 4) is 0 Å². The van der Waals surface area contributed by atoms with Crippen molar-refractivity contribution in [2.45, 2.75) is 75.4 Å². The fourth-order valence-corrected chi connectivity index (χ4v) is 6.18. The SMILES string of the molecule is CC[C@H]1O[C@@H](n2cnc3c(N4CC5(CCCCC5)c5ccccc54)nc(Cl)nc32)C(O)C1O. The third-order valence-corrected chi connectivity index (χ3v) is 7.85. The summed E-state index contributed by atoms with van der Waals surface area (Å²) in [5, 5.41) is 21.1. The smallest absolute Gasteiger partial charge is 0.226 e. The van der Waals surface area contributed by atoms with Crippen LogP contribution < -0.4 is 4.90 Å². The molecule has 2 fully saturated rings. The highest BCUT2D eigenvalue weighted by atomic mass is 35.5. The summed E-state index contributed by atoms with van der Waals surface area (Å²) in [6.07, 6.45) is 4.97. The Bertz CT molecular complexity index is 1190. The van der Waals surface area contributed by atoms with Crippen LogP contribution in [-0.4, -0.2) is 54.6 Å². The molecule has 1 saturated carbocycles. The van der Waals surface area contributed by atoms with Crippen molar-refractivity contribution in [2.75, 3.05) is 11.4 Å². The summed E-state index contributed by atoms with van der Waals surface area (Å²) in [5.74, 6) is 0.665. The van der Waals surface area contributed by atoms with Crippen molar-refractivity contribution >= 4 is 34.3 Å². The molecule has 0 amide bonds. The molecule has 9 heteroatoms. The van der Waals surface area contributed by atoms with E-state index in [9.17, 15) is 10.2 Å². The van der Waals surface area contributed by atoms with Gasteiger partial charge in [-0.15, -0.1) is 0 Å². The lowest BCUT2D eigenvalue weighted by molar-refractivity contribution is -0.0355. The maximum atomic E-state index is 10.6. The molecule has 3 aliphatic rings. The minimum atomic E-state index is -1.08. The molecule has 1 saturated heterocycles. The highest BCUT2D eigenvalue weighted by Crippen LogP contribution is 2.51. The van der Waals surface area contributed by atoms with Gasteiger partial charge in [0.25, 0.3) is 0 Å². The van der Waals surface area contributed by atoms with Gasteiger partial charge in [-0.1, -0.05) is 44.4 Å². The van der Waals surface area contributed by atoms with Crippen LogP contribution >= 0.6 is 11.6 Å². The number of ether oxygens (including phenoxy) is 1. The molecule has 2 unspecified atom stereocenters. The Kier molecular flexibility index (Phi) is 5.10. The molecule has 6 rings (SSSR count). The summed E-state index contributed by atoms with van der Waals surface area (Å²) in [6.45, 7) is 2.75. The number of aromatic nitrogens is 4. The van der Waals surface area contributed by atoms with Crippen LogP contribution in [0.2, 0.25) is 5.28 Å². The molecule has 1 spiro atoms. The highest BCUT2D eigenvalue weighted by molar-refractivity contribution is 6.28. The van der Waals surface area contributed by atoms with E-state index in [2.05, 4.69) is 44.1 Å². The molecule has 1 aromatic carbocycles. The summed E-state index contributed by atoms with van der Waals surface area (Å²) in [6, 6.07) is 8.56. The largest absolute Gasteiger partial charge is 0.388 e.